The molecule has 0 saturated heterocycles. The van der Waals surface area contributed by atoms with Gasteiger partial charge in [0, 0.05) is 25.5 Å². The Balaban J connectivity index is 2.16. The number of aryl methyl sites for hydroxylation is 1. The van der Waals surface area contributed by atoms with Gasteiger partial charge in [-0.1, -0.05) is 6.07 Å². The summed E-state index contributed by atoms with van der Waals surface area (Å²) in [7, 11) is 1.74. The molecule has 4 nitrogen and oxygen atoms in total. The molecule has 0 amide bonds. The predicted octanol–water partition coefficient (Wildman–Crippen LogP) is 1.95. The van der Waals surface area contributed by atoms with Gasteiger partial charge in [-0.25, -0.2) is 0 Å². The van der Waals surface area contributed by atoms with Gasteiger partial charge in [0.1, 0.15) is 0 Å². The van der Waals surface area contributed by atoms with E-state index in [1.165, 1.54) is 0 Å². The van der Waals surface area contributed by atoms with Crippen molar-refractivity contribution in [3.63, 3.8) is 0 Å². The summed E-state index contributed by atoms with van der Waals surface area (Å²) in [6.45, 7) is 2.04. The Labute approximate surface area is 99.9 Å². The van der Waals surface area contributed by atoms with Crippen LogP contribution in [0.2, 0.25) is 0 Å². The molecular weight excluding hydrogens is 214 g/mol. The molecule has 0 bridgehead atoms. The summed E-state index contributed by atoms with van der Waals surface area (Å²) < 4.78 is 1.55. The van der Waals surface area contributed by atoms with Crippen LogP contribution in [0.5, 0.6) is 0 Å². The molecule has 88 valence electrons. The molecule has 1 N–H and O–H groups in total. The van der Waals surface area contributed by atoms with Gasteiger partial charge in [0.15, 0.2) is 0 Å². The first kappa shape index (κ1) is 11.4. The highest BCUT2D eigenvalue weighted by atomic mass is 16.1. The number of nitrogens with zero attached hydrogens (tertiary/aromatic N) is 2. The molecule has 1 atom stereocenters. The smallest absolute Gasteiger partial charge is 0.250 e. The van der Waals surface area contributed by atoms with Crippen LogP contribution in [-0.4, -0.2) is 9.55 Å². The molecule has 0 aromatic carbocycles. The third kappa shape index (κ3) is 2.72. The summed E-state index contributed by atoms with van der Waals surface area (Å²) in [6.07, 6.45) is 3.55. The van der Waals surface area contributed by atoms with Gasteiger partial charge in [-0.3, -0.25) is 9.78 Å². The molecule has 0 saturated carbocycles. The quantitative estimate of drug-likeness (QED) is 0.875. The molecule has 0 radical (unpaired) electrons. The Morgan fingerprint density at radius 2 is 2.12 bits per heavy atom. The van der Waals surface area contributed by atoms with Crippen LogP contribution in [0.4, 0.5) is 5.69 Å². The monoisotopic (exact) mass is 229 g/mol. The van der Waals surface area contributed by atoms with E-state index in [2.05, 4.69) is 10.3 Å². The van der Waals surface area contributed by atoms with E-state index >= 15 is 0 Å². The molecule has 1 unspecified atom stereocenters. The van der Waals surface area contributed by atoms with E-state index in [9.17, 15) is 4.79 Å². The maximum absolute atomic E-state index is 11.2. The van der Waals surface area contributed by atoms with Crippen LogP contribution in [0.3, 0.4) is 0 Å². The van der Waals surface area contributed by atoms with Gasteiger partial charge in [0.25, 0.3) is 0 Å². The van der Waals surface area contributed by atoms with Crippen LogP contribution in [0.25, 0.3) is 0 Å². The Morgan fingerprint density at radius 3 is 2.76 bits per heavy atom. The summed E-state index contributed by atoms with van der Waals surface area (Å²) in [5, 5.41) is 3.30. The molecule has 2 heterocycles. The summed E-state index contributed by atoms with van der Waals surface area (Å²) in [5.41, 5.74) is 1.87. The zero-order valence-corrected chi connectivity index (χ0v) is 9.92. The number of aromatic nitrogens is 2. The summed E-state index contributed by atoms with van der Waals surface area (Å²) in [5.74, 6) is 0. The van der Waals surface area contributed by atoms with E-state index in [0.29, 0.717) is 0 Å². The number of pyridine rings is 2. The third-order valence-electron chi connectivity index (χ3n) is 2.60. The van der Waals surface area contributed by atoms with Crippen molar-refractivity contribution in [2.75, 3.05) is 5.32 Å². The van der Waals surface area contributed by atoms with Crippen molar-refractivity contribution in [3.8, 4) is 0 Å². The third-order valence-corrected chi connectivity index (χ3v) is 2.60. The molecule has 17 heavy (non-hydrogen) atoms. The summed E-state index contributed by atoms with van der Waals surface area (Å²) >= 11 is 0. The lowest BCUT2D eigenvalue weighted by Crippen LogP contribution is -2.16. The van der Waals surface area contributed by atoms with Gasteiger partial charge in [-0.05, 0) is 25.1 Å². The van der Waals surface area contributed by atoms with Crippen molar-refractivity contribution in [1.82, 2.24) is 9.55 Å². The summed E-state index contributed by atoms with van der Waals surface area (Å²) in [4.78, 5) is 15.5. The van der Waals surface area contributed by atoms with E-state index < -0.39 is 0 Å². The molecule has 2 aromatic rings. The molecule has 2 aromatic heterocycles. The Morgan fingerprint density at radius 1 is 1.29 bits per heavy atom. The minimum atomic E-state index is -0.0129. The SMILES string of the molecule is CC(Nc1ccc(=O)n(C)c1)c1ccccn1. The lowest BCUT2D eigenvalue weighted by molar-refractivity contribution is 0.819. The molecule has 4 heteroatoms. The first-order chi connectivity index (χ1) is 8.16. The number of rotatable bonds is 3. The Kier molecular flexibility index (Phi) is 3.23. The van der Waals surface area contributed by atoms with Crippen molar-refractivity contribution in [1.29, 1.82) is 0 Å². The Hall–Kier alpha value is -2.10. The summed E-state index contributed by atoms with van der Waals surface area (Å²) in [6, 6.07) is 9.26. The normalized spacial score (nSPS) is 12.1. The van der Waals surface area contributed by atoms with Crippen LogP contribution in [0, 0.1) is 0 Å². The van der Waals surface area contributed by atoms with Crippen molar-refractivity contribution in [3.05, 3.63) is 58.8 Å². The molecule has 0 aliphatic rings. The zero-order valence-electron chi connectivity index (χ0n) is 9.92. The van der Waals surface area contributed by atoms with Gasteiger partial charge < -0.3 is 9.88 Å². The van der Waals surface area contributed by atoms with Crippen molar-refractivity contribution >= 4 is 5.69 Å². The van der Waals surface area contributed by atoms with Gasteiger partial charge in [0.05, 0.1) is 17.4 Å². The highest BCUT2D eigenvalue weighted by Crippen LogP contribution is 2.15. The molecule has 2 rings (SSSR count). The Bertz CT molecular complexity index is 548. The van der Waals surface area contributed by atoms with Crippen molar-refractivity contribution < 1.29 is 0 Å². The second kappa shape index (κ2) is 4.82. The second-order valence-corrected chi connectivity index (χ2v) is 3.99. The van der Waals surface area contributed by atoms with E-state index in [1.807, 2.05) is 25.1 Å². The average molecular weight is 229 g/mol. The number of nitrogens with one attached hydrogen (secondary N) is 1. The largest absolute Gasteiger partial charge is 0.376 e. The fourth-order valence-corrected chi connectivity index (χ4v) is 1.64. The molecule has 0 aliphatic carbocycles. The first-order valence-corrected chi connectivity index (χ1v) is 5.51. The maximum atomic E-state index is 11.2. The minimum Gasteiger partial charge on any atom is -0.376 e. The van der Waals surface area contributed by atoms with Gasteiger partial charge in [-0.2, -0.15) is 0 Å². The fourth-order valence-electron chi connectivity index (χ4n) is 1.64. The van der Waals surface area contributed by atoms with Crippen molar-refractivity contribution in [2.45, 2.75) is 13.0 Å². The van der Waals surface area contributed by atoms with Crippen molar-refractivity contribution in [2.24, 2.45) is 7.05 Å². The van der Waals surface area contributed by atoms with E-state index in [4.69, 9.17) is 0 Å². The predicted molar refractivity (Wildman–Crippen MR) is 68.0 cm³/mol. The molecule has 0 spiro atoms. The number of anilines is 1. The minimum absolute atomic E-state index is 0.0129. The van der Waals surface area contributed by atoms with Crippen LogP contribution in [0.15, 0.2) is 47.5 Å². The van der Waals surface area contributed by atoms with Gasteiger partial charge >= 0.3 is 0 Å². The number of hydrogen-bond acceptors (Lipinski definition) is 3. The lowest BCUT2D eigenvalue weighted by atomic mass is 10.2. The highest BCUT2D eigenvalue weighted by molar-refractivity contribution is 5.42. The second-order valence-electron chi connectivity index (χ2n) is 3.99. The van der Waals surface area contributed by atoms with Crippen LogP contribution >= 0.6 is 0 Å². The van der Waals surface area contributed by atoms with E-state index in [1.54, 1.807) is 36.1 Å². The standard InChI is InChI=1S/C13H15N3O/c1-10(12-5-3-4-8-14-12)15-11-6-7-13(17)16(2)9-11/h3-10,15H,1-2H3. The average Bonchev–Trinajstić information content (AvgIpc) is 2.35. The zero-order chi connectivity index (χ0) is 12.3. The number of hydrogen-bond donors (Lipinski definition) is 1. The topological polar surface area (TPSA) is 46.9 Å². The van der Waals surface area contributed by atoms with Gasteiger partial charge in [-0.15, -0.1) is 0 Å². The van der Waals surface area contributed by atoms with Crippen LogP contribution < -0.4 is 10.9 Å². The lowest BCUT2D eigenvalue weighted by Gasteiger charge is -2.14. The maximum Gasteiger partial charge on any atom is 0.250 e. The first-order valence-electron chi connectivity index (χ1n) is 5.51. The molecule has 0 aliphatic heterocycles. The fraction of sp³-hybridized carbons (Fsp3) is 0.231. The van der Waals surface area contributed by atoms with Crippen LogP contribution in [-0.2, 0) is 7.05 Å². The molecular formula is C13H15N3O. The highest BCUT2D eigenvalue weighted by Gasteiger charge is 2.05. The van der Waals surface area contributed by atoms with E-state index in [0.717, 1.165) is 11.4 Å². The molecule has 0 fully saturated rings. The van der Waals surface area contributed by atoms with E-state index in [-0.39, 0.29) is 11.6 Å². The van der Waals surface area contributed by atoms with Crippen LogP contribution in [0.1, 0.15) is 18.7 Å². The van der Waals surface area contributed by atoms with Gasteiger partial charge in [0.2, 0.25) is 5.56 Å².